The topological polar surface area (TPSA) is 104 Å². The van der Waals surface area contributed by atoms with Gasteiger partial charge in [0.25, 0.3) is 0 Å². The number of aliphatic hydroxyl groups excluding tert-OH is 2. The van der Waals surface area contributed by atoms with Gasteiger partial charge >= 0.3 is 5.97 Å². The Hall–Kier alpha value is -1.30. The number of aliphatic carboxylic acids is 1. The highest BCUT2D eigenvalue weighted by atomic mass is 35.5. The number of anilines is 1. The molecular weight excluding hydrogens is 222 g/mol. The van der Waals surface area contributed by atoms with E-state index in [4.69, 9.17) is 27.5 Å². The zero-order chi connectivity index (χ0) is 11.6. The van der Waals surface area contributed by atoms with Crippen LogP contribution in [0.4, 0.5) is 5.69 Å². The quantitative estimate of drug-likeness (QED) is 0.564. The summed E-state index contributed by atoms with van der Waals surface area (Å²) in [4.78, 5) is 10.4. The smallest absolute Gasteiger partial charge is 0.335 e. The third-order valence-electron chi connectivity index (χ3n) is 1.89. The standard InChI is InChI=1S/C9H10ClNO4/c10-6-2-1-4(11)3-5(6)7(12)8(13)9(14)15/h1-3,7-8,12-13H,11H2,(H,14,15). The third kappa shape index (κ3) is 2.59. The molecule has 0 aliphatic carbocycles. The maximum Gasteiger partial charge on any atom is 0.335 e. The molecule has 1 aromatic rings. The van der Waals surface area contributed by atoms with E-state index < -0.39 is 18.2 Å². The van der Waals surface area contributed by atoms with Crippen LogP contribution in [-0.2, 0) is 4.79 Å². The number of carboxylic acids is 1. The average Bonchev–Trinajstić information content (AvgIpc) is 2.19. The molecular formula is C9H10ClNO4. The zero-order valence-electron chi connectivity index (χ0n) is 7.59. The fraction of sp³-hybridized carbons (Fsp3) is 0.222. The van der Waals surface area contributed by atoms with Crippen molar-refractivity contribution in [1.29, 1.82) is 0 Å². The second-order valence-corrected chi connectivity index (χ2v) is 3.42. The predicted molar refractivity (Wildman–Crippen MR) is 54.5 cm³/mol. The van der Waals surface area contributed by atoms with Gasteiger partial charge in [0.05, 0.1) is 0 Å². The molecule has 2 unspecified atom stereocenters. The first-order chi connectivity index (χ1) is 6.93. The van der Waals surface area contributed by atoms with E-state index in [0.717, 1.165) is 0 Å². The van der Waals surface area contributed by atoms with Crippen molar-refractivity contribution >= 4 is 23.3 Å². The molecule has 1 aromatic carbocycles. The van der Waals surface area contributed by atoms with Crippen molar-refractivity contribution in [3.05, 3.63) is 28.8 Å². The van der Waals surface area contributed by atoms with Gasteiger partial charge in [0.15, 0.2) is 6.10 Å². The maximum absolute atomic E-state index is 10.4. The minimum atomic E-state index is -1.93. The van der Waals surface area contributed by atoms with Crippen LogP contribution in [0.3, 0.4) is 0 Å². The van der Waals surface area contributed by atoms with E-state index in [1.165, 1.54) is 18.2 Å². The van der Waals surface area contributed by atoms with E-state index in [2.05, 4.69) is 0 Å². The van der Waals surface area contributed by atoms with Gasteiger partial charge in [-0.1, -0.05) is 11.6 Å². The van der Waals surface area contributed by atoms with Gasteiger partial charge in [-0.25, -0.2) is 4.79 Å². The van der Waals surface area contributed by atoms with Gasteiger partial charge < -0.3 is 21.1 Å². The lowest BCUT2D eigenvalue weighted by molar-refractivity contribution is -0.153. The molecule has 0 amide bonds. The lowest BCUT2D eigenvalue weighted by Crippen LogP contribution is -2.27. The van der Waals surface area contributed by atoms with Crippen molar-refractivity contribution in [2.75, 3.05) is 5.73 Å². The Morgan fingerprint density at radius 3 is 2.53 bits per heavy atom. The molecule has 0 saturated carbocycles. The van der Waals surface area contributed by atoms with Crippen LogP contribution in [0.2, 0.25) is 5.02 Å². The molecule has 0 aromatic heterocycles. The Morgan fingerprint density at radius 2 is 2.00 bits per heavy atom. The normalized spacial score (nSPS) is 14.6. The molecule has 0 aliphatic heterocycles. The van der Waals surface area contributed by atoms with E-state index in [-0.39, 0.29) is 10.6 Å². The minimum Gasteiger partial charge on any atom is -0.479 e. The number of hydrogen-bond donors (Lipinski definition) is 4. The summed E-state index contributed by atoms with van der Waals surface area (Å²) < 4.78 is 0. The monoisotopic (exact) mass is 231 g/mol. The van der Waals surface area contributed by atoms with Gasteiger partial charge in [0.2, 0.25) is 0 Å². The summed E-state index contributed by atoms with van der Waals surface area (Å²) in [6, 6.07) is 4.24. The molecule has 0 heterocycles. The Morgan fingerprint density at radius 1 is 1.40 bits per heavy atom. The van der Waals surface area contributed by atoms with Crippen molar-refractivity contribution in [3.63, 3.8) is 0 Å². The molecule has 82 valence electrons. The SMILES string of the molecule is Nc1ccc(Cl)c(C(O)C(O)C(=O)O)c1. The maximum atomic E-state index is 10.4. The van der Waals surface area contributed by atoms with Crippen molar-refractivity contribution in [1.82, 2.24) is 0 Å². The number of hydrogen-bond acceptors (Lipinski definition) is 4. The van der Waals surface area contributed by atoms with Gasteiger partial charge in [0.1, 0.15) is 6.10 Å². The first-order valence-corrected chi connectivity index (χ1v) is 4.45. The summed E-state index contributed by atoms with van der Waals surface area (Å²) in [5, 5.41) is 27.2. The van der Waals surface area contributed by atoms with E-state index in [0.29, 0.717) is 5.69 Å². The molecule has 5 nitrogen and oxygen atoms in total. The van der Waals surface area contributed by atoms with E-state index in [1.54, 1.807) is 0 Å². The number of nitrogen functional groups attached to an aromatic ring is 1. The molecule has 0 saturated heterocycles. The third-order valence-corrected chi connectivity index (χ3v) is 2.23. The Kier molecular flexibility index (Phi) is 3.52. The molecule has 2 atom stereocenters. The van der Waals surface area contributed by atoms with Crippen LogP contribution >= 0.6 is 11.6 Å². The van der Waals surface area contributed by atoms with Gasteiger partial charge in [0, 0.05) is 16.3 Å². The first-order valence-electron chi connectivity index (χ1n) is 4.07. The molecule has 0 spiro atoms. The summed E-state index contributed by atoms with van der Waals surface area (Å²) in [5.74, 6) is -1.53. The number of rotatable bonds is 3. The largest absolute Gasteiger partial charge is 0.479 e. The Bertz CT molecular complexity index is 382. The number of aliphatic hydroxyl groups is 2. The van der Waals surface area contributed by atoms with Gasteiger partial charge in [-0.05, 0) is 18.2 Å². The molecule has 0 radical (unpaired) electrons. The van der Waals surface area contributed by atoms with Crippen LogP contribution in [0.1, 0.15) is 11.7 Å². The second kappa shape index (κ2) is 4.48. The number of carbonyl (C=O) groups is 1. The minimum absolute atomic E-state index is 0.0894. The fourth-order valence-corrected chi connectivity index (χ4v) is 1.32. The summed E-state index contributed by atoms with van der Waals surface area (Å²) >= 11 is 5.72. The van der Waals surface area contributed by atoms with Crippen LogP contribution < -0.4 is 5.73 Å². The van der Waals surface area contributed by atoms with Crippen molar-refractivity contribution < 1.29 is 20.1 Å². The Balaban J connectivity index is 3.04. The fourth-order valence-electron chi connectivity index (χ4n) is 1.09. The highest BCUT2D eigenvalue weighted by molar-refractivity contribution is 6.31. The number of carboxylic acid groups (broad SMARTS) is 1. The summed E-state index contributed by atoms with van der Waals surface area (Å²) in [5.41, 5.74) is 5.86. The molecule has 15 heavy (non-hydrogen) atoms. The highest BCUT2D eigenvalue weighted by Crippen LogP contribution is 2.27. The van der Waals surface area contributed by atoms with Crippen LogP contribution in [0.5, 0.6) is 0 Å². The van der Waals surface area contributed by atoms with Crippen molar-refractivity contribution in [2.45, 2.75) is 12.2 Å². The first kappa shape index (κ1) is 11.8. The van der Waals surface area contributed by atoms with Crippen LogP contribution in [0.25, 0.3) is 0 Å². The molecule has 1 rings (SSSR count). The lowest BCUT2D eigenvalue weighted by atomic mass is 10.0. The molecule has 0 fully saturated rings. The van der Waals surface area contributed by atoms with Gasteiger partial charge in [-0.3, -0.25) is 0 Å². The zero-order valence-corrected chi connectivity index (χ0v) is 8.35. The Labute approximate surface area is 90.7 Å². The average molecular weight is 232 g/mol. The summed E-state index contributed by atoms with van der Waals surface area (Å²) in [7, 11) is 0. The summed E-state index contributed by atoms with van der Waals surface area (Å²) in [6.45, 7) is 0. The molecule has 6 heteroatoms. The van der Waals surface area contributed by atoms with Crippen molar-refractivity contribution in [2.24, 2.45) is 0 Å². The van der Waals surface area contributed by atoms with Gasteiger partial charge in [-0.15, -0.1) is 0 Å². The second-order valence-electron chi connectivity index (χ2n) is 3.01. The number of benzene rings is 1. The van der Waals surface area contributed by atoms with Crippen LogP contribution in [0.15, 0.2) is 18.2 Å². The van der Waals surface area contributed by atoms with E-state index in [1.807, 2.05) is 0 Å². The number of halogens is 1. The number of nitrogens with two attached hydrogens (primary N) is 1. The summed E-state index contributed by atoms with van der Waals surface area (Å²) in [6.07, 6.45) is -3.53. The molecule has 0 aliphatic rings. The van der Waals surface area contributed by atoms with E-state index >= 15 is 0 Å². The van der Waals surface area contributed by atoms with Gasteiger partial charge in [-0.2, -0.15) is 0 Å². The predicted octanol–water partition coefficient (Wildman–Crippen LogP) is 0.401. The molecule has 0 bridgehead atoms. The van der Waals surface area contributed by atoms with Crippen molar-refractivity contribution in [3.8, 4) is 0 Å². The highest BCUT2D eigenvalue weighted by Gasteiger charge is 2.26. The molecule has 5 N–H and O–H groups in total. The van der Waals surface area contributed by atoms with Crippen LogP contribution in [0, 0.1) is 0 Å². The van der Waals surface area contributed by atoms with Crippen LogP contribution in [-0.4, -0.2) is 27.4 Å². The lowest BCUT2D eigenvalue weighted by Gasteiger charge is -2.15. The van der Waals surface area contributed by atoms with E-state index in [9.17, 15) is 9.90 Å².